The van der Waals surface area contributed by atoms with E-state index in [1.165, 1.54) is 17.6 Å². The number of halogens is 4. The van der Waals surface area contributed by atoms with Gasteiger partial charge in [0.05, 0.1) is 24.4 Å². The third kappa shape index (κ3) is 3.49. The first-order valence-corrected chi connectivity index (χ1v) is 7.79. The zero-order chi connectivity index (χ0) is 17.1. The molecule has 10 heteroatoms. The molecule has 3 rings (SSSR count). The maximum Gasteiger partial charge on any atom is 0.254 e. The van der Waals surface area contributed by atoms with Gasteiger partial charge >= 0.3 is 0 Å². The molecule has 0 aliphatic carbocycles. The molecule has 0 aromatic carbocycles. The number of rotatable bonds is 4. The summed E-state index contributed by atoms with van der Waals surface area (Å²) in [5.74, 6) is -6.74. The van der Waals surface area contributed by atoms with Crippen molar-refractivity contribution in [2.75, 3.05) is 36.6 Å². The molecule has 1 aliphatic rings. The second kappa shape index (κ2) is 7.14. The van der Waals surface area contributed by atoms with Crippen molar-refractivity contribution in [1.29, 1.82) is 0 Å². The number of thiophene rings is 1. The van der Waals surface area contributed by atoms with Crippen molar-refractivity contribution in [3.8, 4) is 0 Å². The largest absolute Gasteiger partial charge is 0.378 e. The zero-order valence-corrected chi connectivity index (χ0v) is 13.0. The highest BCUT2D eigenvalue weighted by atomic mass is 32.1. The topological polar surface area (TPSA) is 49.8 Å². The number of anilines is 2. The van der Waals surface area contributed by atoms with E-state index in [0.29, 0.717) is 18.1 Å². The molecule has 5 nitrogen and oxygen atoms in total. The number of hydrazone groups is 1. The number of nitrogens with zero attached hydrogens (tertiary/aromatic N) is 3. The molecule has 0 atom stereocenters. The summed E-state index contributed by atoms with van der Waals surface area (Å²) >= 11 is 1.42. The SMILES string of the molecule is Fc1nc(F)c(F)c(N/N=C/c2ccc(N3CCOCC3)s2)c1F. The highest BCUT2D eigenvalue weighted by molar-refractivity contribution is 7.17. The summed E-state index contributed by atoms with van der Waals surface area (Å²) in [5, 5.41) is 4.64. The van der Waals surface area contributed by atoms with Crippen molar-refractivity contribution >= 4 is 28.2 Å². The molecule has 0 spiro atoms. The van der Waals surface area contributed by atoms with E-state index in [0.717, 1.165) is 18.1 Å². The summed E-state index contributed by atoms with van der Waals surface area (Å²) in [5.41, 5.74) is 0.946. The number of nitrogens with one attached hydrogen (secondary N) is 1. The van der Waals surface area contributed by atoms with Gasteiger partial charge in [0.15, 0.2) is 0 Å². The Morgan fingerprint density at radius 1 is 1.12 bits per heavy atom. The Bertz CT molecular complexity index is 735. The average molecular weight is 360 g/mol. The fraction of sp³-hybridized carbons (Fsp3) is 0.286. The lowest BCUT2D eigenvalue weighted by molar-refractivity contribution is 0.123. The van der Waals surface area contributed by atoms with Gasteiger partial charge in [0.1, 0.15) is 5.69 Å². The van der Waals surface area contributed by atoms with Crippen molar-refractivity contribution in [1.82, 2.24) is 4.98 Å². The lowest BCUT2D eigenvalue weighted by atomic mass is 10.4. The Kier molecular flexibility index (Phi) is 4.95. The predicted octanol–water partition coefficient (Wildman–Crippen LogP) is 2.98. The third-order valence-electron chi connectivity index (χ3n) is 3.30. The smallest absolute Gasteiger partial charge is 0.254 e. The van der Waals surface area contributed by atoms with Crippen LogP contribution in [0.3, 0.4) is 0 Å². The van der Waals surface area contributed by atoms with Crippen LogP contribution in [0.5, 0.6) is 0 Å². The van der Waals surface area contributed by atoms with Gasteiger partial charge in [0.2, 0.25) is 11.6 Å². The van der Waals surface area contributed by atoms with Gasteiger partial charge in [0, 0.05) is 18.0 Å². The number of morpholine rings is 1. The first kappa shape index (κ1) is 16.7. The van der Waals surface area contributed by atoms with Gasteiger partial charge in [-0.15, -0.1) is 11.3 Å². The normalized spacial score (nSPS) is 15.2. The van der Waals surface area contributed by atoms with E-state index < -0.39 is 29.2 Å². The van der Waals surface area contributed by atoms with Gasteiger partial charge in [-0.1, -0.05) is 0 Å². The minimum absolute atomic E-state index is 0.653. The van der Waals surface area contributed by atoms with E-state index in [4.69, 9.17) is 4.74 Å². The molecule has 0 saturated carbocycles. The third-order valence-corrected chi connectivity index (χ3v) is 4.38. The van der Waals surface area contributed by atoms with E-state index in [9.17, 15) is 17.6 Å². The lowest BCUT2D eigenvalue weighted by Gasteiger charge is -2.27. The van der Waals surface area contributed by atoms with E-state index in [-0.39, 0.29) is 0 Å². The van der Waals surface area contributed by atoms with Crippen LogP contribution in [0.1, 0.15) is 4.88 Å². The summed E-state index contributed by atoms with van der Waals surface area (Å²) in [4.78, 5) is 5.32. The maximum atomic E-state index is 13.4. The minimum atomic E-state index is -1.74. The number of pyridine rings is 1. The molecule has 24 heavy (non-hydrogen) atoms. The molecule has 1 fully saturated rings. The van der Waals surface area contributed by atoms with Gasteiger partial charge in [-0.3, -0.25) is 5.43 Å². The molecule has 2 aromatic heterocycles. The van der Waals surface area contributed by atoms with Crippen LogP contribution in [0.15, 0.2) is 17.2 Å². The molecule has 0 amide bonds. The molecule has 0 unspecified atom stereocenters. The molecule has 3 heterocycles. The van der Waals surface area contributed by atoms with Crippen molar-refractivity contribution in [3.63, 3.8) is 0 Å². The summed E-state index contributed by atoms with van der Waals surface area (Å²) in [6.07, 6.45) is 1.31. The van der Waals surface area contributed by atoms with Crippen LogP contribution >= 0.6 is 11.3 Å². The second-order valence-corrected chi connectivity index (χ2v) is 5.94. The monoisotopic (exact) mass is 360 g/mol. The van der Waals surface area contributed by atoms with E-state index in [1.807, 2.05) is 11.5 Å². The molecule has 1 N–H and O–H groups in total. The van der Waals surface area contributed by atoms with Crippen LogP contribution in [0.4, 0.5) is 28.3 Å². The van der Waals surface area contributed by atoms with Crippen LogP contribution in [0.2, 0.25) is 0 Å². The molecule has 128 valence electrons. The first-order valence-electron chi connectivity index (χ1n) is 6.98. The second-order valence-electron chi connectivity index (χ2n) is 4.84. The van der Waals surface area contributed by atoms with E-state index >= 15 is 0 Å². The van der Waals surface area contributed by atoms with Gasteiger partial charge < -0.3 is 9.64 Å². The fourth-order valence-electron chi connectivity index (χ4n) is 2.11. The van der Waals surface area contributed by atoms with E-state index in [1.54, 1.807) is 6.07 Å². The zero-order valence-electron chi connectivity index (χ0n) is 12.2. The highest BCUT2D eigenvalue weighted by Crippen LogP contribution is 2.26. The number of hydrogen-bond donors (Lipinski definition) is 1. The molecular weight excluding hydrogens is 348 g/mol. The quantitative estimate of drug-likeness (QED) is 0.394. The predicted molar refractivity (Wildman–Crippen MR) is 82.6 cm³/mol. The van der Waals surface area contributed by atoms with Crippen molar-refractivity contribution in [3.05, 3.63) is 40.5 Å². The van der Waals surface area contributed by atoms with Crippen molar-refractivity contribution in [2.45, 2.75) is 0 Å². The summed E-state index contributed by atoms with van der Waals surface area (Å²) in [6, 6.07) is 3.67. The Hall–Kier alpha value is -2.20. The van der Waals surface area contributed by atoms with Crippen molar-refractivity contribution in [2.24, 2.45) is 5.10 Å². The Balaban J connectivity index is 1.70. The molecule has 0 bridgehead atoms. The van der Waals surface area contributed by atoms with Gasteiger partial charge in [-0.25, -0.2) is 0 Å². The van der Waals surface area contributed by atoms with Gasteiger partial charge in [0.25, 0.3) is 11.9 Å². The number of ether oxygens (including phenoxy) is 1. The van der Waals surface area contributed by atoms with Crippen LogP contribution in [-0.4, -0.2) is 37.5 Å². The summed E-state index contributed by atoms with van der Waals surface area (Å²) in [7, 11) is 0. The van der Waals surface area contributed by atoms with Crippen LogP contribution in [0.25, 0.3) is 0 Å². The standard InChI is InChI=1S/C14H12F4N4OS/c15-10-12(11(16)14(18)20-13(10)17)21-19-7-8-1-2-9(24-8)22-3-5-23-6-4-22/h1-2,7H,3-6H2,(H,20,21)/b19-7+. The average Bonchev–Trinajstić information content (AvgIpc) is 3.06. The minimum Gasteiger partial charge on any atom is -0.378 e. The molecule has 0 radical (unpaired) electrons. The Morgan fingerprint density at radius 2 is 1.79 bits per heavy atom. The molecule has 1 saturated heterocycles. The highest BCUT2D eigenvalue weighted by Gasteiger charge is 2.20. The van der Waals surface area contributed by atoms with Gasteiger partial charge in [-0.2, -0.15) is 27.6 Å². The van der Waals surface area contributed by atoms with Crippen LogP contribution in [0, 0.1) is 23.5 Å². The lowest BCUT2D eigenvalue weighted by Crippen LogP contribution is -2.35. The van der Waals surface area contributed by atoms with Gasteiger partial charge in [-0.05, 0) is 12.1 Å². The summed E-state index contributed by atoms with van der Waals surface area (Å²) < 4.78 is 58.1. The molecule has 2 aromatic rings. The van der Waals surface area contributed by atoms with E-state index in [2.05, 4.69) is 15.0 Å². The first-order chi connectivity index (χ1) is 11.6. The summed E-state index contributed by atoms with van der Waals surface area (Å²) in [6.45, 7) is 2.86. The number of hydrogen-bond acceptors (Lipinski definition) is 6. The fourth-order valence-corrected chi connectivity index (χ4v) is 3.04. The number of aromatic nitrogens is 1. The van der Waals surface area contributed by atoms with Crippen LogP contribution in [-0.2, 0) is 4.74 Å². The van der Waals surface area contributed by atoms with Crippen molar-refractivity contribution < 1.29 is 22.3 Å². The van der Waals surface area contributed by atoms with Crippen LogP contribution < -0.4 is 10.3 Å². The maximum absolute atomic E-state index is 13.4. The molecule has 1 aliphatic heterocycles. The Morgan fingerprint density at radius 3 is 2.46 bits per heavy atom. The Labute approximate surface area is 138 Å². The molecular formula is C14H12F4N4OS.